The maximum atomic E-state index is 9.46. The first-order valence-corrected chi connectivity index (χ1v) is 26.0. The minimum Gasteiger partial charge on any atom is -0.310 e. The highest BCUT2D eigenvalue weighted by Crippen LogP contribution is 2.44. The van der Waals surface area contributed by atoms with Crippen molar-refractivity contribution < 1.29 is 0 Å². The quantitative estimate of drug-likeness (QED) is 0.0916. The van der Waals surface area contributed by atoms with Crippen molar-refractivity contribution in [1.82, 2.24) is 0 Å². The lowest BCUT2D eigenvalue weighted by Gasteiger charge is -2.28. The van der Waals surface area contributed by atoms with Crippen LogP contribution in [-0.4, -0.2) is 22.8 Å². The van der Waals surface area contributed by atoms with Crippen LogP contribution >= 0.6 is 0 Å². The molecule has 0 spiro atoms. The second-order valence-corrected chi connectivity index (χ2v) is 19.2. The van der Waals surface area contributed by atoms with Gasteiger partial charge < -0.3 is 9.80 Å². The first kappa shape index (κ1) is 47.0. The van der Waals surface area contributed by atoms with Gasteiger partial charge in [0.25, 0.3) is 0 Å². The molecule has 370 valence electrons. The summed E-state index contributed by atoms with van der Waals surface area (Å²) in [7, 11) is 0. The van der Waals surface area contributed by atoms with E-state index in [1.54, 1.807) is 0 Å². The zero-order valence-corrected chi connectivity index (χ0v) is 42.3. The summed E-state index contributed by atoms with van der Waals surface area (Å²) >= 11 is 0. The van der Waals surface area contributed by atoms with Gasteiger partial charge in [-0.05, 0) is 170 Å². The van der Waals surface area contributed by atoms with Crippen molar-refractivity contribution in [2.75, 3.05) is 20.7 Å². The highest BCUT2D eigenvalue weighted by molar-refractivity contribution is 6.56. The minimum atomic E-state index is 0.314. The summed E-state index contributed by atoms with van der Waals surface area (Å²) in [5, 5.41) is 32.6. The Bertz CT molecular complexity index is 4210. The Balaban J connectivity index is 0.925. The second-order valence-electron chi connectivity index (χ2n) is 19.2. The van der Waals surface area contributed by atoms with E-state index in [9.17, 15) is 10.8 Å². The number of anilines is 8. The van der Waals surface area contributed by atoms with Crippen molar-refractivity contribution in [3.8, 4) is 22.3 Å². The molecule has 13 rings (SSSR count). The summed E-state index contributed by atoms with van der Waals surface area (Å²) < 4.78 is 0. The molecule has 0 aromatic heterocycles. The number of benzene rings is 11. The van der Waals surface area contributed by atoms with E-state index in [1.807, 2.05) is 97.1 Å². The van der Waals surface area contributed by atoms with Gasteiger partial charge in [0.15, 0.2) is 0 Å². The maximum absolute atomic E-state index is 9.46. The third-order valence-electron chi connectivity index (χ3n) is 14.4. The maximum Gasteiger partial charge on any atom is 0.117 e. The van der Waals surface area contributed by atoms with Gasteiger partial charge in [0.05, 0.1) is 22.8 Å². The van der Waals surface area contributed by atoms with Gasteiger partial charge in [0.1, 0.15) is 11.4 Å². The molecule has 11 aromatic rings. The van der Waals surface area contributed by atoms with Crippen LogP contribution < -0.4 is 20.7 Å². The Hall–Kier alpha value is -10.7. The van der Waals surface area contributed by atoms with Crippen LogP contribution in [0.4, 0.5) is 45.5 Å². The number of nitrogens with zero attached hydrogens (tertiary/aromatic N) is 4. The Labute approximate surface area is 453 Å². The van der Waals surface area contributed by atoms with E-state index in [1.165, 1.54) is 0 Å². The van der Waals surface area contributed by atoms with Gasteiger partial charge >= 0.3 is 0 Å². The number of hydrazone groups is 2. The van der Waals surface area contributed by atoms with Crippen LogP contribution in [0, 0.1) is 10.8 Å². The second kappa shape index (κ2) is 20.5. The zero-order valence-electron chi connectivity index (χ0n) is 42.3. The molecule has 8 heteroatoms. The van der Waals surface area contributed by atoms with Crippen LogP contribution in [0.15, 0.2) is 277 Å². The van der Waals surface area contributed by atoms with E-state index in [2.05, 4.69) is 208 Å². The first-order valence-electron chi connectivity index (χ1n) is 26.0. The molecule has 2 aliphatic carbocycles. The van der Waals surface area contributed by atoms with E-state index in [4.69, 9.17) is 5.10 Å². The minimum absolute atomic E-state index is 0.314. The normalized spacial score (nSPS) is 13.6. The molecule has 4 N–H and O–H groups in total. The molecular formula is C70H50N8. The molecule has 78 heavy (non-hydrogen) atoms. The van der Waals surface area contributed by atoms with Crippen molar-refractivity contribution in [3.63, 3.8) is 0 Å². The number of rotatable bonds is 12. The number of para-hydroxylation sites is 4. The van der Waals surface area contributed by atoms with Crippen molar-refractivity contribution in [1.29, 1.82) is 10.8 Å². The van der Waals surface area contributed by atoms with Gasteiger partial charge in [-0.15, -0.1) is 0 Å². The van der Waals surface area contributed by atoms with Crippen molar-refractivity contribution in [2.45, 2.75) is 0 Å². The van der Waals surface area contributed by atoms with Gasteiger partial charge in [0.2, 0.25) is 0 Å². The Kier molecular flexibility index (Phi) is 12.4. The average Bonchev–Trinajstić information content (AvgIpc) is 3.66. The molecular weight excluding hydrogens is 953 g/mol. The lowest BCUT2D eigenvalue weighted by atomic mass is 9.84. The lowest BCUT2D eigenvalue weighted by molar-refractivity contribution is 1.29. The monoisotopic (exact) mass is 1000 g/mol. The van der Waals surface area contributed by atoms with Crippen molar-refractivity contribution >= 4 is 102 Å². The van der Waals surface area contributed by atoms with E-state index in [0.29, 0.717) is 22.8 Å². The number of hydrogen-bond acceptors (Lipinski definition) is 8. The zero-order chi connectivity index (χ0) is 52.4. The van der Waals surface area contributed by atoms with Crippen LogP contribution in [0.1, 0.15) is 22.3 Å². The molecule has 8 nitrogen and oxygen atoms in total. The predicted molar refractivity (Wildman–Crippen MR) is 328 cm³/mol. The Morgan fingerprint density at radius 2 is 0.846 bits per heavy atom. The lowest BCUT2D eigenvalue weighted by Crippen LogP contribution is -2.20. The molecule has 0 unspecified atom stereocenters. The summed E-state index contributed by atoms with van der Waals surface area (Å²) in [6, 6.07) is 88.1. The molecule has 11 aromatic carbocycles. The third kappa shape index (κ3) is 9.09. The SMILES string of the molecule is N=C1C=Cc2c(-c3ccc(N(c4ccccc4)c4ccc5ccc6c(c5c4)C(=N)/C(=N\Nc4ccccc4)C=C6)cc3)cc3ccc(N(c4ccccc4)c4cccc(-c5ccccc5)c4)cc3c2/C1=N/Nc1ccccc1. The van der Waals surface area contributed by atoms with E-state index >= 15 is 0 Å². The van der Waals surface area contributed by atoms with Crippen molar-refractivity contribution in [2.24, 2.45) is 10.2 Å². The van der Waals surface area contributed by atoms with Crippen LogP contribution in [0.5, 0.6) is 0 Å². The fourth-order valence-corrected chi connectivity index (χ4v) is 10.6. The van der Waals surface area contributed by atoms with Gasteiger partial charge in [-0.1, -0.05) is 164 Å². The summed E-state index contributed by atoms with van der Waals surface area (Å²) in [6.07, 6.45) is 7.87. The average molecular weight is 1000 g/mol. The van der Waals surface area contributed by atoms with Crippen LogP contribution in [0.2, 0.25) is 0 Å². The number of allylic oxidation sites excluding steroid dienone is 2. The molecule has 0 bridgehead atoms. The van der Waals surface area contributed by atoms with Gasteiger partial charge in [-0.2, -0.15) is 10.2 Å². The molecule has 0 amide bonds. The summed E-state index contributed by atoms with van der Waals surface area (Å²) in [6.45, 7) is 0. The molecule has 0 saturated heterocycles. The third-order valence-corrected chi connectivity index (χ3v) is 14.4. The van der Waals surface area contributed by atoms with Crippen LogP contribution in [-0.2, 0) is 0 Å². The van der Waals surface area contributed by atoms with Gasteiger partial charge in [-0.25, -0.2) is 0 Å². The summed E-state index contributed by atoms with van der Waals surface area (Å²) in [5.74, 6) is 0. The largest absolute Gasteiger partial charge is 0.310 e. The molecule has 0 heterocycles. The number of nitrogens with one attached hydrogen (secondary N) is 4. The Morgan fingerprint density at radius 3 is 1.50 bits per heavy atom. The number of fused-ring (bicyclic) bond motifs is 6. The summed E-state index contributed by atoms with van der Waals surface area (Å²) in [4.78, 5) is 4.57. The number of hydrogen-bond donors (Lipinski definition) is 4. The molecule has 0 saturated carbocycles. The van der Waals surface area contributed by atoms with Gasteiger partial charge in [-0.3, -0.25) is 21.7 Å². The van der Waals surface area contributed by atoms with Crippen molar-refractivity contribution in [3.05, 3.63) is 289 Å². The topological polar surface area (TPSA) is 103 Å². The highest BCUT2D eigenvalue weighted by atomic mass is 15.3. The summed E-state index contributed by atoms with van der Waals surface area (Å²) in [5.41, 5.74) is 23.9. The molecule has 0 fully saturated rings. The van der Waals surface area contributed by atoms with E-state index in [-0.39, 0.29) is 0 Å². The molecule has 2 aliphatic rings. The van der Waals surface area contributed by atoms with Gasteiger partial charge in [0, 0.05) is 45.3 Å². The van der Waals surface area contributed by atoms with Crippen LogP contribution in [0.3, 0.4) is 0 Å². The first-order chi connectivity index (χ1) is 38.5. The van der Waals surface area contributed by atoms with E-state index < -0.39 is 0 Å². The van der Waals surface area contributed by atoms with Crippen LogP contribution in [0.25, 0.3) is 56.0 Å². The molecule has 0 atom stereocenters. The Morgan fingerprint density at radius 1 is 0.346 bits per heavy atom. The molecule has 0 radical (unpaired) electrons. The van der Waals surface area contributed by atoms with E-state index in [0.717, 1.165) is 112 Å². The predicted octanol–water partition coefficient (Wildman–Crippen LogP) is 18.0. The smallest absolute Gasteiger partial charge is 0.117 e. The fraction of sp³-hybridized carbons (Fsp3) is 0. The fourth-order valence-electron chi connectivity index (χ4n) is 10.6. The standard InChI is InChI=1S/C70H50N8/c71-65-41-40-61-62(48-31-36-57(37-32-48)77(55-24-12-4-13-25-55)59-38-33-49-29-30-50-35-42-66(69(72)67(50)63(49)45-59)75-73-53-20-8-2-9-21-53)44-52-34-39-60(46-64(52)68(61)70(65)76-74-54-22-10-3-11-23-54)78(56-26-14-5-15-27-56)58-28-16-19-51(43-58)47-17-6-1-7-18-47/h1-46,71-74H/b71-65?,72-69?,75-66-,76-70+. The molecule has 0 aliphatic heterocycles. The highest BCUT2D eigenvalue weighted by Gasteiger charge is 2.26.